The Morgan fingerprint density at radius 1 is 0.968 bits per heavy atom. The summed E-state index contributed by atoms with van der Waals surface area (Å²) in [5.74, 6) is 0.00753. The maximum Gasteiger partial charge on any atom is 0.242 e. The lowest BCUT2D eigenvalue weighted by atomic mass is 9.85. The molecule has 2 aliphatic rings. The van der Waals surface area contributed by atoms with Crippen LogP contribution in [-0.2, 0) is 15.0 Å². The Bertz CT molecular complexity index is 1030. The molecule has 1 fully saturated rings. The van der Waals surface area contributed by atoms with Crippen LogP contribution in [-0.4, -0.2) is 55.2 Å². The van der Waals surface area contributed by atoms with E-state index in [0.717, 1.165) is 35.6 Å². The summed E-state index contributed by atoms with van der Waals surface area (Å²) >= 11 is 0. The molecule has 0 aliphatic carbocycles. The minimum absolute atomic E-state index is 0.0225. The summed E-state index contributed by atoms with van der Waals surface area (Å²) in [5, 5.41) is 0. The summed E-state index contributed by atoms with van der Waals surface area (Å²) in [4.78, 5) is 43.2. The highest BCUT2D eigenvalue weighted by Gasteiger charge is 2.44. The Hall–Kier alpha value is -3.15. The summed E-state index contributed by atoms with van der Waals surface area (Å²) in [6.45, 7) is 10.2. The quantitative estimate of drug-likeness (QED) is 0.715. The van der Waals surface area contributed by atoms with Gasteiger partial charge in [0.05, 0.1) is 5.41 Å². The van der Waals surface area contributed by atoms with Gasteiger partial charge >= 0.3 is 0 Å². The summed E-state index contributed by atoms with van der Waals surface area (Å²) in [5.41, 5.74) is 4.08. The first-order valence-corrected chi connectivity index (χ1v) is 10.8. The maximum absolute atomic E-state index is 13.0. The van der Waals surface area contributed by atoms with Crippen molar-refractivity contribution in [2.45, 2.75) is 33.1 Å². The fraction of sp³-hybridized carbons (Fsp3) is 0.400. The normalized spacial score (nSPS) is 17.7. The first-order valence-electron chi connectivity index (χ1n) is 10.8. The number of benzene rings is 2. The number of ketones is 1. The SMILES string of the molecule is CC(=O)c1ccc(N2CCN(C(=O)CN3C(=O)C(C)(C)c4cc(C)ccc43)CC2)cc1. The molecule has 2 aromatic rings. The maximum atomic E-state index is 13.0. The molecule has 2 amide bonds. The number of fused-ring (bicyclic) bond motifs is 1. The summed E-state index contributed by atoms with van der Waals surface area (Å²) in [6, 6.07) is 13.6. The van der Waals surface area contributed by atoms with E-state index >= 15 is 0 Å². The number of aryl methyl sites for hydroxylation is 1. The number of rotatable bonds is 4. The zero-order valence-corrected chi connectivity index (χ0v) is 18.6. The van der Waals surface area contributed by atoms with Gasteiger partial charge in [0.2, 0.25) is 11.8 Å². The van der Waals surface area contributed by atoms with Gasteiger partial charge in [-0.05, 0) is 63.6 Å². The van der Waals surface area contributed by atoms with Crippen molar-refractivity contribution in [3.63, 3.8) is 0 Å². The Morgan fingerprint density at radius 2 is 1.61 bits per heavy atom. The van der Waals surface area contributed by atoms with E-state index in [1.807, 2.05) is 68.1 Å². The molecule has 6 heteroatoms. The van der Waals surface area contributed by atoms with Crippen LogP contribution in [0.1, 0.15) is 42.3 Å². The molecule has 4 rings (SSSR count). The standard InChI is InChI=1S/C25H29N3O3/c1-17-5-10-22-21(15-17)25(3,4)24(31)28(22)16-23(30)27-13-11-26(12-14-27)20-8-6-19(7-9-20)18(2)29/h5-10,15H,11-14,16H2,1-4H3. The molecule has 0 N–H and O–H groups in total. The van der Waals surface area contributed by atoms with Crippen LogP contribution in [0.4, 0.5) is 11.4 Å². The smallest absolute Gasteiger partial charge is 0.242 e. The van der Waals surface area contributed by atoms with Gasteiger partial charge in [0, 0.05) is 43.1 Å². The molecule has 0 saturated carbocycles. The summed E-state index contributed by atoms with van der Waals surface area (Å²) in [6.07, 6.45) is 0. The fourth-order valence-corrected chi connectivity index (χ4v) is 4.46. The van der Waals surface area contributed by atoms with Crippen LogP contribution in [0.3, 0.4) is 0 Å². The lowest BCUT2D eigenvalue weighted by Crippen LogP contribution is -2.52. The van der Waals surface area contributed by atoms with Crippen molar-refractivity contribution in [3.8, 4) is 0 Å². The molecule has 0 bridgehead atoms. The number of hydrogen-bond acceptors (Lipinski definition) is 4. The molecule has 2 heterocycles. The molecular formula is C25H29N3O3. The summed E-state index contributed by atoms with van der Waals surface area (Å²) in [7, 11) is 0. The van der Waals surface area contributed by atoms with Gasteiger partial charge in [-0.3, -0.25) is 14.4 Å². The van der Waals surface area contributed by atoms with Crippen LogP contribution >= 0.6 is 0 Å². The number of piperazine rings is 1. The number of anilines is 2. The minimum Gasteiger partial charge on any atom is -0.368 e. The molecule has 2 aliphatic heterocycles. The average Bonchev–Trinajstić information content (AvgIpc) is 2.94. The average molecular weight is 420 g/mol. The van der Waals surface area contributed by atoms with Gasteiger partial charge in [-0.25, -0.2) is 0 Å². The Labute approximate surface area is 183 Å². The second-order valence-corrected chi connectivity index (χ2v) is 9.01. The highest BCUT2D eigenvalue weighted by molar-refractivity contribution is 6.10. The van der Waals surface area contributed by atoms with Crippen molar-refractivity contribution < 1.29 is 14.4 Å². The first-order chi connectivity index (χ1) is 14.7. The Balaban J connectivity index is 1.41. The van der Waals surface area contributed by atoms with E-state index in [1.165, 1.54) is 0 Å². The van der Waals surface area contributed by atoms with Gasteiger partial charge < -0.3 is 14.7 Å². The monoisotopic (exact) mass is 419 g/mol. The van der Waals surface area contributed by atoms with Crippen LogP contribution in [0, 0.1) is 6.92 Å². The molecule has 0 radical (unpaired) electrons. The van der Waals surface area contributed by atoms with E-state index in [1.54, 1.807) is 11.8 Å². The van der Waals surface area contributed by atoms with Gasteiger partial charge in [0.1, 0.15) is 6.54 Å². The van der Waals surface area contributed by atoms with Crippen molar-refractivity contribution in [2.24, 2.45) is 0 Å². The van der Waals surface area contributed by atoms with Gasteiger partial charge in [-0.15, -0.1) is 0 Å². The third-order valence-electron chi connectivity index (χ3n) is 6.46. The number of hydrogen-bond donors (Lipinski definition) is 0. The number of Topliss-reactive ketones (excluding diaryl/α,β-unsaturated/α-hetero) is 1. The highest BCUT2D eigenvalue weighted by atomic mass is 16.2. The molecule has 1 saturated heterocycles. The van der Waals surface area contributed by atoms with Crippen molar-refractivity contribution in [1.82, 2.24) is 4.90 Å². The first kappa shape index (κ1) is 21.1. The lowest BCUT2D eigenvalue weighted by Gasteiger charge is -2.37. The molecule has 162 valence electrons. The molecule has 0 unspecified atom stereocenters. The van der Waals surface area contributed by atoms with Crippen LogP contribution in [0.2, 0.25) is 0 Å². The number of carbonyl (C=O) groups excluding carboxylic acids is 3. The van der Waals surface area contributed by atoms with Crippen LogP contribution in [0.25, 0.3) is 0 Å². The van der Waals surface area contributed by atoms with Gasteiger partial charge in [-0.1, -0.05) is 17.7 Å². The highest BCUT2D eigenvalue weighted by Crippen LogP contribution is 2.41. The zero-order valence-electron chi connectivity index (χ0n) is 18.6. The predicted molar refractivity (Wildman–Crippen MR) is 122 cm³/mol. The Morgan fingerprint density at radius 3 is 2.23 bits per heavy atom. The van der Waals surface area contributed by atoms with E-state index in [0.29, 0.717) is 18.7 Å². The number of amides is 2. The van der Waals surface area contributed by atoms with Gasteiger partial charge in [-0.2, -0.15) is 0 Å². The van der Waals surface area contributed by atoms with Crippen LogP contribution in [0.15, 0.2) is 42.5 Å². The van der Waals surface area contributed by atoms with E-state index in [2.05, 4.69) is 4.90 Å². The van der Waals surface area contributed by atoms with E-state index in [-0.39, 0.29) is 24.1 Å². The Kier molecular flexibility index (Phi) is 5.33. The van der Waals surface area contributed by atoms with Gasteiger partial charge in [0.15, 0.2) is 5.78 Å². The van der Waals surface area contributed by atoms with E-state index in [4.69, 9.17) is 0 Å². The van der Waals surface area contributed by atoms with Crippen molar-refractivity contribution in [1.29, 1.82) is 0 Å². The van der Waals surface area contributed by atoms with Crippen LogP contribution in [0.5, 0.6) is 0 Å². The molecule has 0 atom stereocenters. The molecule has 31 heavy (non-hydrogen) atoms. The zero-order chi connectivity index (χ0) is 22.3. The largest absolute Gasteiger partial charge is 0.368 e. The van der Waals surface area contributed by atoms with E-state index in [9.17, 15) is 14.4 Å². The van der Waals surface area contributed by atoms with Crippen LogP contribution < -0.4 is 9.80 Å². The molecular weight excluding hydrogens is 390 g/mol. The third-order valence-corrected chi connectivity index (χ3v) is 6.46. The predicted octanol–water partition coefficient (Wildman–Crippen LogP) is 3.17. The van der Waals surface area contributed by atoms with Crippen molar-refractivity contribution in [3.05, 3.63) is 59.2 Å². The van der Waals surface area contributed by atoms with Gasteiger partial charge in [0.25, 0.3) is 0 Å². The number of nitrogens with zero attached hydrogens (tertiary/aromatic N) is 3. The topological polar surface area (TPSA) is 60.9 Å². The number of carbonyl (C=O) groups is 3. The molecule has 2 aromatic carbocycles. The summed E-state index contributed by atoms with van der Waals surface area (Å²) < 4.78 is 0. The van der Waals surface area contributed by atoms with Crippen molar-refractivity contribution >= 4 is 29.0 Å². The fourth-order valence-electron chi connectivity index (χ4n) is 4.46. The molecule has 6 nitrogen and oxygen atoms in total. The lowest BCUT2D eigenvalue weighted by molar-refractivity contribution is -0.132. The molecule has 0 spiro atoms. The second kappa shape index (κ2) is 7.84. The second-order valence-electron chi connectivity index (χ2n) is 9.01. The van der Waals surface area contributed by atoms with E-state index < -0.39 is 5.41 Å². The molecule has 0 aromatic heterocycles. The third kappa shape index (κ3) is 3.82. The minimum atomic E-state index is -0.619. The van der Waals surface area contributed by atoms with Crippen molar-refractivity contribution in [2.75, 3.05) is 42.5 Å².